The first kappa shape index (κ1) is 10.7. The quantitative estimate of drug-likeness (QED) is 0.577. The number of alkyl halides is 3. The van der Waals surface area contributed by atoms with Crippen molar-refractivity contribution in [1.82, 2.24) is 0 Å². The van der Waals surface area contributed by atoms with Crippen LogP contribution in [0, 0.1) is 0 Å². The first-order chi connectivity index (χ1) is 4.39. The van der Waals surface area contributed by atoms with Crippen molar-refractivity contribution in [2.24, 2.45) is 0 Å². The molecule has 0 heterocycles. The van der Waals surface area contributed by atoms with Crippen molar-refractivity contribution < 1.29 is 9.53 Å². The Kier molecular flexibility index (Phi) is 4.21. The van der Waals surface area contributed by atoms with Gasteiger partial charge in [0.15, 0.2) is 0 Å². The third-order valence-electron chi connectivity index (χ3n) is 0.853. The summed E-state index contributed by atoms with van der Waals surface area (Å²) in [6, 6.07) is 0. The van der Waals surface area contributed by atoms with E-state index < -0.39 is 14.6 Å². The van der Waals surface area contributed by atoms with Crippen molar-refractivity contribution in [1.29, 1.82) is 0 Å². The highest BCUT2D eigenvalue weighted by molar-refractivity contribution is 9.13. The van der Waals surface area contributed by atoms with Crippen LogP contribution in [0.3, 0.4) is 0 Å². The monoisotopic (exact) mass is 292 g/mol. The Balaban J connectivity index is 4.08. The van der Waals surface area contributed by atoms with Crippen molar-refractivity contribution in [3.8, 4) is 0 Å². The minimum atomic E-state index is -0.792. The standard InChI is InChI=1S/C5H7Br2ClO2/c1-5(7,8)3(6)4(9)10-2/h3H,1-2H3. The molecule has 0 aromatic rings. The number of methoxy groups -OCH3 is 1. The fraction of sp³-hybridized carbons (Fsp3) is 0.800. The lowest BCUT2D eigenvalue weighted by Gasteiger charge is -2.17. The molecule has 60 valence electrons. The first-order valence-electron chi connectivity index (χ1n) is 2.49. The van der Waals surface area contributed by atoms with Gasteiger partial charge in [0.05, 0.1) is 7.11 Å². The summed E-state index contributed by atoms with van der Waals surface area (Å²) >= 11 is 11.9. The van der Waals surface area contributed by atoms with Gasteiger partial charge < -0.3 is 4.74 Å². The van der Waals surface area contributed by atoms with E-state index in [1.807, 2.05) is 0 Å². The van der Waals surface area contributed by atoms with E-state index in [1.165, 1.54) is 7.11 Å². The second kappa shape index (κ2) is 3.93. The van der Waals surface area contributed by atoms with Crippen molar-refractivity contribution in [3.05, 3.63) is 0 Å². The number of halogens is 3. The van der Waals surface area contributed by atoms with Gasteiger partial charge in [-0.15, -0.1) is 11.6 Å². The molecule has 0 fully saturated rings. The van der Waals surface area contributed by atoms with Crippen LogP contribution in [0.2, 0.25) is 0 Å². The Bertz CT molecular complexity index is 132. The summed E-state index contributed by atoms with van der Waals surface area (Å²) in [4.78, 5) is 10.2. The number of hydrogen-bond donors (Lipinski definition) is 0. The Morgan fingerprint density at radius 2 is 2.20 bits per heavy atom. The van der Waals surface area contributed by atoms with Crippen LogP contribution in [-0.4, -0.2) is 21.7 Å². The molecule has 0 aliphatic heterocycles. The average Bonchev–Trinajstić information content (AvgIpc) is 1.83. The molecule has 2 atom stereocenters. The van der Waals surface area contributed by atoms with Crippen molar-refractivity contribution >= 4 is 49.4 Å². The fourth-order valence-corrected chi connectivity index (χ4v) is 0.773. The van der Waals surface area contributed by atoms with Crippen LogP contribution < -0.4 is 0 Å². The Labute approximate surface area is 81.5 Å². The van der Waals surface area contributed by atoms with E-state index in [-0.39, 0.29) is 0 Å². The summed E-state index contributed by atoms with van der Waals surface area (Å²) in [5.41, 5.74) is 0. The second-order valence-electron chi connectivity index (χ2n) is 1.84. The van der Waals surface area contributed by atoms with Crippen LogP contribution >= 0.6 is 43.5 Å². The third kappa shape index (κ3) is 3.21. The van der Waals surface area contributed by atoms with Crippen molar-refractivity contribution in [3.63, 3.8) is 0 Å². The zero-order chi connectivity index (χ0) is 8.36. The zero-order valence-corrected chi connectivity index (χ0v) is 9.46. The molecule has 0 aliphatic rings. The summed E-state index contributed by atoms with van der Waals surface area (Å²) < 4.78 is 3.65. The summed E-state index contributed by atoms with van der Waals surface area (Å²) in [7, 11) is 1.31. The number of hydrogen-bond acceptors (Lipinski definition) is 2. The summed E-state index contributed by atoms with van der Waals surface area (Å²) in [6.45, 7) is 1.66. The number of carbonyl (C=O) groups excluding carboxylic acids is 1. The Hall–Kier alpha value is 0.720. The highest BCUT2D eigenvalue weighted by Gasteiger charge is 2.33. The lowest BCUT2D eigenvalue weighted by atomic mass is 10.3. The van der Waals surface area contributed by atoms with Gasteiger partial charge in [0.1, 0.15) is 8.61 Å². The molecule has 10 heavy (non-hydrogen) atoms. The van der Waals surface area contributed by atoms with Gasteiger partial charge in [-0.25, -0.2) is 0 Å². The lowest BCUT2D eigenvalue weighted by Crippen LogP contribution is -2.30. The molecule has 0 aliphatic carbocycles. The molecule has 2 unspecified atom stereocenters. The summed E-state index contributed by atoms with van der Waals surface area (Å²) in [5.74, 6) is -0.394. The molecule has 0 bridgehead atoms. The lowest BCUT2D eigenvalue weighted by molar-refractivity contribution is -0.139. The third-order valence-corrected chi connectivity index (χ3v) is 3.70. The van der Waals surface area contributed by atoms with Gasteiger partial charge in [0.25, 0.3) is 0 Å². The van der Waals surface area contributed by atoms with Crippen LogP contribution in [0.5, 0.6) is 0 Å². The molecule has 0 radical (unpaired) electrons. The molecule has 0 saturated heterocycles. The molecule has 0 amide bonds. The number of ether oxygens (including phenoxy) is 1. The van der Waals surface area contributed by atoms with E-state index >= 15 is 0 Å². The zero-order valence-electron chi connectivity index (χ0n) is 5.53. The predicted molar refractivity (Wildman–Crippen MR) is 47.9 cm³/mol. The van der Waals surface area contributed by atoms with E-state index in [4.69, 9.17) is 11.6 Å². The topological polar surface area (TPSA) is 26.3 Å². The summed E-state index contributed by atoms with van der Waals surface area (Å²) in [6.07, 6.45) is 0. The summed E-state index contributed by atoms with van der Waals surface area (Å²) in [5, 5.41) is 0. The van der Waals surface area contributed by atoms with Crippen molar-refractivity contribution in [2.45, 2.75) is 15.5 Å². The number of carbonyl (C=O) groups is 1. The molecule has 0 aromatic carbocycles. The molecule has 0 aromatic heterocycles. The van der Waals surface area contributed by atoms with Crippen LogP contribution in [0.15, 0.2) is 0 Å². The fourth-order valence-electron chi connectivity index (χ4n) is 0.310. The van der Waals surface area contributed by atoms with Gasteiger partial charge in [0, 0.05) is 0 Å². The first-order valence-corrected chi connectivity index (χ1v) is 4.58. The van der Waals surface area contributed by atoms with Crippen LogP contribution in [0.25, 0.3) is 0 Å². The highest BCUT2D eigenvalue weighted by Crippen LogP contribution is 2.32. The van der Waals surface area contributed by atoms with Crippen molar-refractivity contribution in [2.75, 3.05) is 7.11 Å². The highest BCUT2D eigenvalue weighted by atomic mass is 79.9. The van der Waals surface area contributed by atoms with E-state index in [9.17, 15) is 4.79 Å². The number of rotatable bonds is 2. The van der Waals surface area contributed by atoms with Crippen LogP contribution in [-0.2, 0) is 9.53 Å². The Morgan fingerprint density at radius 3 is 2.30 bits per heavy atom. The largest absolute Gasteiger partial charge is 0.468 e. The van der Waals surface area contributed by atoms with E-state index in [2.05, 4.69) is 36.6 Å². The maximum absolute atomic E-state index is 10.8. The molecule has 0 N–H and O–H groups in total. The van der Waals surface area contributed by atoms with Gasteiger partial charge in [-0.3, -0.25) is 4.79 Å². The van der Waals surface area contributed by atoms with E-state index in [0.717, 1.165) is 0 Å². The van der Waals surface area contributed by atoms with Gasteiger partial charge in [-0.05, 0) is 6.92 Å². The van der Waals surface area contributed by atoms with E-state index in [1.54, 1.807) is 6.92 Å². The minimum absolute atomic E-state index is 0.394. The maximum atomic E-state index is 10.8. The molecular weight excluding hydrogens is 287 g/mol. The average molecular weight is 294 g/mol. The molecule has 2 nitrogen and oxygen atoms in total. The number of esters is 1. The van der Waals surface area contributed by atoms with Gasteiger partial charge in [-0.1, -0.05) is 31.9 Å². The van der Waals surface area contributed by atoms with Crippen LogP contribution in [0.4, 0.5) is 0 Å². The Morgan fingerprint density at radius 1 is 1.80 bits per heavy atom. The second-order valence-corrected chi connectivity index (χ2v) is 5.65. The molecule has 0 rings (SSSR count). The molecular formula is C5H7Br2ClO2. The van der Waals surface area contributed by atoms with Gasteiger partial charge in [-0.2, -0.15) is 0 Å². The van der Waals surface area contributed by atoms with Gasteiger partial charge in [0.2, 0.25) is 0 Å². The maximum Gasteiger partial charge on any atom is 0.322 e. The SMILES string of the molecule is COC(=O)C(Br)C(C)(Cl)Br. The van der Waals surface area contributed by atoms with E-state index in [0.29, 0.717) is 0 Å². The minimum Gasteiger partial charge on any atom is -0.468 e. The predicted octanol–water partition coefficient (Wildman–Crippen LogP) is 2.27. The van der Waals surface area contributed by atoms with Crippen LogP contribution in [0.1, 0.15) is 6.92 Å². The molecule has 0 spiro atoms. The smallest absolute Gasteiger partial charge is 0.322 e. The van der Waals surface area contributed by atoms with Gasteiger partial charge >= 0.3 is 5.97 Å². The normalized spacial score (nSPS) is 19.3. The molecule has 5 heteroatoms. The molecule has 0 saturated carbocycles.